The standard InChI is InChI=1S/C15H24ClN3/c1-12(17)10-13-4-5-14(16)11-15(13)19-7-3-6-18(2)8-9-19/h4-5,11-12H,3,6-10,17H2,1-2H3. The number of rotatable bonds is 3. The van der Waals surface area contributed by atoms with Crippen molar-refractivity contribution in [1.82, 2.24) is 4.90 Å². The average molecular weight is 282 g/mol. The highest BCUT2D eigenvalue weighted by Gasteiger charge is 2.16. The summed E-state index contributed by atoms with van der Waals surface area (Å²) >= 11 is 6.17. The molecule has 1 unspecified atom stereocenters. The van der Waals surface area contributed by atoms with Gasteiger partial charge < -0.3 is 15.5 Å². The molecule has 3 nitrogen and oxygen atoms in total. The third-order valence-electron chi connectivity index (χ3n) is 3.65. The summed E-state index contributed by atoms with van der Waals surface area (Å²) in [5.74, 6) is 0. The van der Waals surface area contributed by atoms with Gasteiger partial charge in [-0.05, 0) is 51.1 Å². The lowest BCUT2D eigenvalue weighted by Gasteiger charge is -2.26. The van der Waals surface area contributed by atoms with Crippen molar-refractivity contribution in [2.24, 2.45) is 5.73 Å². The Balaban J connectivity index is 2.23. The minimum atomic E-state index is 0.176. The van der Waals surface area contributed by atoms with Crippen LogP contribution in [0.4, 0.5) is 5.69 Å². The molecule has 1 heterocycles. The molecular formula is C15H24ClN3. The first-order valence-electron chi connectivity index (χ1n) is 7.04. The Hall–Kier alpha value is -0.770. The summed E-state index contributed by atoms with van der Waals surface area (Å²) in [5, 5.41) is 0.807. The van der Waals surface area contributed by atoms with Gasteiger partial charge in [0.1, 0.15) is 0 Å². The molecule has 1 aliphatic heterocycles. The molecule has 0 radical (unpaired) electrons. The molecule has 2 rings (SSSR count). The van der Waals surface area contributed by atoms with Crippen molar-refractivity contribution in [2.45, 2.75) is 25.8 Å². The largest absolute Gasteiger partial charge is 0.370 e. The molecule has 1 aliphatic rings. The third kappa shape index (κ3) is 4.10. The highest BCUT2D eigenvalue weighted by molar-refractivity contribution is 6.30. The second-order valence-corrected chi connectivity index (χ2v) is 6.03. The molecule has 0 aromatic heterocycles. The lowest BCUT2D eigenvalue weighted by atomic mass is 10.0. The van der Waals surface area contributed by atoms with E-state index in [9.17, 15) is 0 Å². The molecule has 19 heavy (non-hydrogen) atoms. The van der Waals surface area contributed by atoms with Crippen LogP contribution in [0.25, 0.3) is 0 Å². The minimum absolute atomic E-state index is 0.176. The van der Waals surface area contributed by atoms with E-state index in [1.165, 1.54) is 24.2 Å². The summed E-state index contributed by atoms with van der Waals surface area (Å²) in [6, 6.07) is 6.35. The van der Waals surface area contributed by atoms with Crippen LogP contribution in [0.2, 0.25) is 5.02 Å². The smallest absolute Gasteiger partial charge is 0.0426 e. The Labute approximate surface area is 121 Å². The zero-order valence-corrected chi connectivity index (χ0v) is 12.7. The average Bonchev–Trinajstić information content (AvgIpc) is 2.56. The first-order chi connectivity index (χ1) is 9.06. The molecule has 0 saturated carbocycles. The van der Waals surface area contributed by atoms with Gasteiger partial charge in [-0.2, -0.15) is 0 Å². The number of nitrogens with two attached hydrogens (primary N) is 1. The Kier molecular flexibility index (Phi) is 5.08. The molecule has 1 fully saturated rings. The predicted molar refractivity (Wildman–Crippen MR) is 83.1 cm³/mol. The first kappa shape index (κ1) is 14.6. The molecule has 0 amide bonds. The molecule has 1 aromatic carbocycles. The summed E-state index contributed by atoms with van der Waals surface area (Å²) in [6.07, 6.45) is 2.10. The van der Waals surface area contributed by atoms with Crippen LogP contribution in [0.5, 0.6) is 0 Å². The van der Waals surface area contributed by atoms with E-state index in [4.69, 9.17) is 17.3 Å². The second kappa shape index (κ2) is 6.60. The quantitative estimate of drug-likeness (QED) is 0.923. The van der Waals surface area contributed by atoms with Gasteiger partial charge in [0.25, 0.3) is 0 Å². The van der Waals surface area contributed by atoms with E-state index in [-0.39, 0.29) is 6.04 Å². The van der Waals surface area contributed by atoms with Crippen LogP contribution in [-0.2, 0) is 6.42 Å². The monoisotopic (exact) mass is 281 g/mol. The van der Waals surface area contributed by atoms with E-state index in [0.717, 1.165) is 31.1 Å². The van der Waals surface area contributed by atoms with Crippen molar-refractivity contribution in [1.29, 1.82) is 0 Å². The molecule has 1 saturated heterocycles. The Bertz CT molecular complexity index is 420. The van der Waals surface area contributed by atoms with Gasteiger partial charge in [0.15, 0.2) is 0 Å². The van der Waals surface area contributed by atoms with Crippen LogP contribution in [-0.4, -0.2) is 44.2 Å². The summed E-state index contributed by atoms with van der Waals surface area (Å²) < 4.78 is 0. The van der Waals surface area contributed by atoms with Gasteiger partial charge in [-0.1, -0.05) is 17.7 Å². The van der Waals surface area contributed by atoms with E-state index in [1.807, 2.05) is 6.07 Å². The fourth-order valence-electron chi connectivity index (χ4n) is 2.64. The number of benzene rings is 1. The Morgan fingerprint density at radius 1 is 1.26 bits per heavy atom. The number of hydrogen-bond acceptors (Lipinski definition) is 3. The lowest BCUT2D eigenvalue weighted by Crippen LogP contribution is -2.30. The van der Waals surface area contributed by atoms with Gasteiger partial charge in [0, 0.05) is 36.4 Å². The highest BCUT2D eigenvalue weighted by atomic mass is 35.5. The molecule has 1 aromatic rings. The highest BCUT2D eigenvalue weighted by Crippen LogP contribution is 2.27. The fraction of sp³-hybridized carbons (Fsp3) is 0.600. The summed E-state index contributed by atoms with van der Waals surface area (Å²) in [7, 11) is 2.18. The van der Waals surface area contributed by atoms with Crippen LogP contribution < -0.4 is 10.6 Å². The summed E-state index contributed by atoms with van der Waals surface area (Å²) in [4.78, 5) is 4.84. The number of halogens is 1. The van der Waals surface area contributed by atoms with Gasteiger partial charge in [0.2, 0.25) is 0 Å². The van der Waals surface area contributed by atoms with Crippen LogP contribution in [0, 0.1) is 0 Å². The lowest BCUT2D eigenvalue weighted by molar-refractivity contribution is 0.360. The van der Waals surface area contributed by atoms with E-state index in [2.05, 4.69) is 35.9 Å². The summed E-state index contributed by atoms with van der Waals surface area (Å²) in [5.41, 5.74) is 8.53. The van der Waals surface area contributed by atoms with Crippen molar-refractivity contribution in [3.63, 3.8) is 0 Å². The maximum absolute atomic E-state index is 6.17. The second-order valence-electron chi connectivity index (χ2n) is 5.60. The molecule has 1 atom stereocenters. The van der Waals surface area contributed by atoms with Crippen molar-refractivity contribution < 1.29 is 0 Å². The van der Waals surface area contributed by atoms with Crippen molar-refractivity contribution >= 4 is 17.3 Å². The Morgan fingerprint density at radius 3 is 2.79 bits per heavy atom. The van der Waals surface area contributed by atoms with Crippen LogP contribution >= 0.6 is 11.6 Å². The minimum Gasteiger partial charge on any atom is -0.370 e. The van der Waals surface area contributed by atoms with Crippen LogP contribution in [0.3, 0.4) is 0 Å². The zero-order chi connectivity index (χ0) is 13.8. The van der Waals surface area contributed by atoms with E-state index < -0.39 is 0 Å². The normalized spacial score (nSPS) is 19.3. The van der Waals surface area contributed by atoms with Crippen molar-refractivity contribution in [3.05, 3.63) is 28.8 Å². The van der Waals surface area contributed by atoms with Gasteiger partial charge in [0.05, 0.1) is 0 Å². The van der Waals surface area contributed by atoms with Gasteiger partial charge in [-0.3, -0.25) is 0 Å². The van der Waals surface area contributed by atoms with Crippen molar-refractivity contribution in [3.8, 4) is 0 Å². The van der Waals surface area contributed by atoms with Crippen LogP contribution in [0.1, 0.15) is 18.9 Å². The molecule has 0 bridgehead atoms. The fourth-order valence-corrected chi connectivity index (χ4v) is 2.80. The molecular weight excluding hydrogens is 258 g/mol. The zero-order valence-electron chi connectivity index (χ0n) is 11.9. The van der Waals surface area contributed by atoms with E-state index in [0.29, 0.717) is 0 Å². The van der Waals surface area contributed by atoms with Gasteiger partial charge >= 0.3 is 0 Å². The maximum Gasteiger partial charge on any atom is 0.0426 e. The number of hydrogen-bond donors (Lipinski definition) is 1. The molecule has 0 aliphatic carbocycles. The van der Waals surface area contributed by atoms with E-state index in [1.54, 1.807) is 0 Å². The third-order valence-corrected chi connectivity index (χ3v) is 3.88. The van der Waals surface area contributed by atoms with Gasteiger partial charge in [-0.25, -0.2) is 0 Å². The number of anilines is 1. The molecule has 4 heteroatoms. The predicted octanol–water partition coefficient (Wildman–Crippen LogP) is 2.37. The topological polar surface area (TPSA) is 32.5 Å². The number of likely N-dealkylation sites (N-methyl/N-ethyl adjacent to an activating group) is 1. The molecule has 0 spiro atoms. The van der Waals surface area contributed by atoms with E-state index >= 15 is 0 Å². The summed E-state index contributed by atoms with van der Waals surface area (Å²) in [6.45, 7) is 6.47. The van der Waals surface area contributed by atoms with Crippen LogP contribution in [0.15, 0.2) is 18.2 Å². The van der Waals surface area contributed by atoms with Crippen molar-refractivity contribution in [2.75, 3.05) is 38.1 Å². The molecule has 106 valence electrons. The SMILES string of the molecule is CC(N)Cc1ccc(Cl)cc1N1CCCN(C)CC1. The Morgan fingerprint density at radius 2 is 2.05 bits per heavy atom. The number of nitrogens with zero attached hydrogens (tertiary/aromatic N) is 2. The first-order valence-corrected chi connectivity index (χ1v) is 7.41. The van der Waals surface area contributed by atoms with Gasteiger partial charge in [-0.15, -0.1) is 0 Å². The maximum atomic E-state index is 6.17. The molecule has 2 N–H and O–H groups in total.